The van der Waals surface area contributed by atoms with Crippen LogP contribution in [-0.4, -0.2) is 17.9 Å². The SMILES string of the molecule is C[C@]12CCC(=O)NC1CC[C@@H]1[C@H]2CC[C@]2(C)C(C(=O)NC(c3ccccc3)c3ccccc3)CC[C@@H]12. The third kappa shape index (κ3) is 3.79. The van der Waals surface area contributed by atoms with Gasteiger partial charge in [-0.25, -0.2) is 0 Å². The van der Waals surface area contributed by atoms with Crippen LogP contribution in [0.1, 0.15) is 82.4 Å². The molecule has 4 aliphatic rings. The highest BCUT2D eigenvalue weighted by molar-refractivity contribution is 5.81. The summed E-state index contributed by atoms with van der Waals surface area (Å²) >= 11 is 0. The molecule has 4 nitrogen and oxygen atoms in total. The fourth-order valence-electron chi connectivity index (χ4n) is 9.03. The Balaban J connectivity index is 1.23. The number of nitrogens with one attached hydrogen (secondary N) is 2. The molecule has 3 saturated carbocycles. The van der Waals surface area contributed by atoms with Crippen LogP contribution in [0.3, 0.4) is 0 Å². The second-order valence-corrected chi connectivity index (χ2v) is 12.5. The molecule has 4 heteroatoms. The van der Waals surface area contributed by atoms with Crippen LogP contribution in [0.4, 0.5) is 0 Å². The highest BCUT2D eigenvalue weighted by Crippen LogP contribution is 2.65. The predicted molar refractivity (Wildman–Crippen MR) is 142 cm³/mol. The smallest absolute Gasteiger partial charge is 0.224 e. The van der Waals surface area contributed by atoms with Crippen molar-refractivity contribution in [2.45, 2.75) is 77.3 Å². The molecule has 1 heterocycles. The van der Waals surface area contributed by atoms with E-state index in [1.807, 2.05) is 12.1 Å². The van der Waals surface area contributed by atoms with E-state index in [2.05, 4.69) is 73.0 Å². The van der Waals surface area contributed by atoms with Crippen molar-refractivity contribution in [1.82, 2.24) is 10.6 Å². The Morgan fingerprint density at radius 2 is 1.47 bits per heavy atom. The van der Waals surface area contributed by atoms with Gasteiger partial charge in [-0.3, -0.25) is 9.59 Å². The maximum absolute atomic E-state index is 14.0. The summed E-state index contributed by atoms with van der Waals surface area (Å²) in [4.78, 5) is 26.1. The topological polar surface area (TPSA) is 58.2 Å². The monoisotopic (exact) mass is 484 g/mol. The van der Waals surface area contributed by atoms with E-state index in [1.165, 1.54) is 12.8 Å². The lowest BCUT2D eigenvalue weighted by Crippen LogP contribution is -2.61. The van der Waals surface area contributed by atoms with Gasteiger partial charge >= 0.3 is 0 Å². The number of hydrogen-bond donors (Lipinski definition) is 2. The molecule has 2 aromatic rings. The second kappa shape index (κ2) is 9.04. The van der Waals surface area contributed by atoms with Crippen LogP contribution in [-0.2, 0) is 9.59 Å². The van der Waals surface area contributed by atoms with E-state index in [0.717, 1.165) is 43.2 Å². The fourth-order valence-corrected chi connectivity index (χ4v) is 9.03. The Kier molecular flexibility index (Phi) is 5.97. The van der Waals surface area contributed by atoms with Crippen LogP contribution in [0, 0.1) is 34.5 Å². The van der Waals surface area contributed by atoms with Crippen molar-refractivity contribution in [2.75, 3.05) is 0 Å². The lowest BCUT2D eigenvalue weighted by atomic mass is 9.47. The molecule has 2 unspecified atom stereocenters. The Morgan fingerprint density at radius 1 is 0.833 bits per heavy atom. The molecular weight excluding hydrogens is 444 g/mol. The molecular formula is C32H40N2O2. The molecule has 1 saturated heterocycles. The van der Waals surface area contributed by atoms with Crippen molar-refractivity contribution in [3.63, 3.8) is 0 Å². The Labute approximate surface area is 215 Å². The number of amides is 2. The largest absolute Gasteiger partial charge is 0.353 e. The Bertz CT molecular complexity index is 1080. The second-order valence-electron chi connectivity index (χ2n) is 12.5. The lowest BCUT2D eigenvalue weighted by molar-refractivity contribution is -0.141. The molecule has 2 amide bonds. The molecule has 0 spiro atoms. The van der Waals surface area contributed by atoms with Crippen molar-refractivity contribution >= 4 is 11.8 Å². The first-order valence-electron chi connectivity index (χ1n) is 14.1. The van der Waals surface area contributed by atoms with Crippen molar-refractivity contribution in [2.24, 2.45) is 34.5 Å². The minimum atomic E-state index is -0.126. The minimum Gasteiger partial charge on any atom is -0.353 e. The van der Waals surface area contributed by atoms with Crippen LogP contribution in [0.2, 0.25) is 0 Å². The molecule has 1 aliphatic heterocycles. The minimum absolute atomic E-state index is 0.0598. The summed E-state index contributed by atoms with van der Waals surface area (Å²) in [5.41, 5.74) is 2.53. The van der Waals surface area contributed by atoms with E-state index in [4.69, 9.17) is 0 Å². The molecule has 190 valence electrons. The number of rotatable bonds is 4. The summed E-state index contributed by atoms with van der Waals surface area (Å²) in [6.07, 6.45) is 8.43. The third-order valence-corrected chi connectivity index (χ3v) is 11.0. The van der Waals surface area contributed by atoms with Crippen LogP contribution >= 0.6 is 0 Å². The summed E-state index contributed by atoms with van der Waals surface area (Å²) in [5.74, 6) is 2.47. The van der Waals surface area contributed by atoms with Gasteiger partial charge in [-0.15, -0.1) is 0 Å². The Hall–Kier alpha value is -2.62. The standard InChI is InChI=1S/C32H40N2O2/c1-31-19-17-25-23(13-16-27-32(25,2)20-18-28(35)33-27)24(31)14-15-26(31)30(36)34-29(21-9-5-3-6-10-21)22-11-7-4-8-12-22/h3-12,23-27,29H,13-20H2,1-2H3,(H,33,35)(H,34,36)/t23-,24-,25+,26?,27?,31-,32+/m0/s1. The average molecular weight is 485 g/mol. The number of benzene rings is 2. The molecule has 4 fully saturated rings. The molecule has 2 aromatic carbocycles. The first-order chi connectivity index (χ1) is 17.4. The Morgan fingerprint density at radius 3 is 2.14 bits per heavy atom. The van der Waals surface area contributed by atoms with Crippen molar-refractivity contribution < 1.29 is 9.59 Å². The summed E-state index contributed by atoms with van der Waals surface area (Å²) in [7, 11) is 0. The number of piperidine rings is 1. The number of fused-ring (bicyclic) bond motifs is 5. The zero-order chi connectivity index (χ0) is 24.9. The molecule has 6 rings (SSSR count). The molecule has 2 N–H and O–H groups in total. The summed E-state index contributed by atoms with van der Waals surface area (Å²) < 4.78 is 0. The number of carbonyl (C=O) groups is 2. The predicted octanol–water partition coefficient (Wildman–Crippen LogP) is 6.03. The fraction of sp³-hybridized carbons (Fsp3) is 0.562. The summed E-state index contributed by atoms with van der Waals surface area (Å²) in [6, 6.07) is 20.9. The van der Waals surface area contributed by atoms with Gasteiger partial charge in [0, 0.05) is 18.4 Å². The lowest BCUT2D eigenvalue weighted by Gasteiger charge is -2.60. The van der Waals surface area contributed by atoms with Gasteiger partial charge in [-0.1, -0.05) is 74.5 Å². The molecule has 3 aliphatic carbocycles. The molecule has 0 radical (unpaired) electrons. The third-order valence-electron chi connectivity index (χ3n) is 11.0. The van der Waals surface area contributed by atoms with E-state index < -0.39 is 0 Å². The highest BCUT2D eigenvalue weighted by atomic mass is 16.2. The van der Waals surface area contributed by atoms with Crippen molar-refractivity contribution in [3.05, 3.63) is 71.8 Å². The van der Waals surface area contributed by atoms with Crippen LogP contribution in [0.25, 0.3) is 0 Å². The van der Waals surface area contributed by atoms with E-state index in [0.29, 0.717) is 30.2 Å². The van der Waals surface area contributed by atoms with Crippen molar-refractivity contribution in [1.29, 1.82) is 0 Å². The first kappa shape index (κ1) is 23.8. The quantitative estimate of drug-likeness (QED) is 0.557. The highest BCUT2D eigenvalue weighted by Gasteiger charge is 2.61. The van der Waals surface area contributed by atoms with Gasteiger partial charge < -0.3 is 10.6 Å². The zero-order valence-corrected chi connectivity index (χ0v) is 21.7. The van der Waals surface area contributed by atoms with Gasteiger partial charge in [-0.2, -0.15) is 0 Å². The summed E-state index contributed by atoms with van der Waals surface area (Å²) in [5, 5.41) is 6.83. The molecule has 7 atom stereocenters. The maximum Gasteiger partial charge on any atom is 0.224 e. The average Bonchev–Trinajstić information content (AvgIpc) is 3.26. The number of carbonyl (C=O) groups excluding carboxylic acids is 2. The van der Waals surface area contributed by atoms with Gasteiger partial charge in [0.15, 0.2) is 0 Å². The normalized spacial score (nSPS) is 37.4. The van der Waals surface area contributed by atoms with Gasteiger partial charge in [0.05, 0.1) is 6.04 Å². The zero-order valence-electron chi connectivity index (χ0n) is 21.7. The molecule has 0 aromatic heterocycles. The van der Waals surface area contributed by atoms with Gasteiger partial charge in [-0.05, 0) is 84.7 Å². The van der Waals surface area contributed by atoms with Gasteiger partial charge in [0.25, 0.3) is 0 Å². The molecule has 36 heavy (non-hydrogen) atoms. The first-order valence-corrected chi connectivity index (χ1v) is 14.1. The molecule has 0 bridgehead atoms. The van der Waals surface area contributed by atoms with E-state index in [-0.39, 0.29) is 34.6 Å². The van der Waals surface area contributed by atoms with E-state index in [9.17, 15) is 9.59 Å². The van der Waals surface area contributed by atoms with Crippen molar-refractivity contribution in [3.8, 4) is 0 Å². The number of hydrogen-bond acceptors (Lipinski definition) is 2. The van der Waals surface area contributed by atoms with E-state index in [1.54, 1.807) is 0 Å². The van der Waals surface area contributed by atoms with Crippen LogP contribution < -0.4 is 10.6 Å². The maximum atomic E-state index is 14.0. The van der Waals surface area contributed by atoms with Gasteiger partial charge in [0.2, 0.25) is 11.8 Å². The van der Waals surface area contributed by atoms with Crippen LogP contribution in [0.15, 0.2) is 60.7 Å². The van der Waals surface area contributed by atoms with Gasteiger partial charge in [0.1, 0.15) is 0 Å². The summed E-state index contributed by atoms with van der Waals surface area (Å²) in [6.45, 7) is 4.86. The van der Waals surface area contributed by atoms with E-state index >= 15 is 0 Å². The van der Waals surface area contributed by atoms with Crippen LogP contribution in [0.5, 0.6) is 0 Å².